The second-order valence-corrected chi connectivity index (χ2v) is 4.76. The number of hydrogen-bond donors (Lipinski definition) is 3. The van der Waals surface area contributed by atoms with Crippen molar-refractivity contribution in [2.75, 3.05) is 5.32 Å². The van der Waals surface area contributed by atoms with Gasteiger partial charge in [-0.3, -0.25) is 5.43 Å². The summed E-state index contributed by atoms with van der Waals surface area (Å²) in [5.74, 6) is 5.86. The summed E-state index contributed by atoms with van der Waals surface area (Å²) in [7, 11) is 0. The maximum Gasteiger partial charge on any atom is 0.210 e. The highest BCUT2D eigenvalue weighted by atomic mass is 79.9. The lowest BCUT2D eigenvalue weighted by Crippen LogP contribution is -2.37. The molecule has 1 rings (SSSR count). The maximum absolute atomic E-state index is 5.90. The van der Waals surface area contributed by atoms with Gasteiger partial charge in [-0.15, -0.1) is 0 Å². The fourth-order valence-electron chi connectivity index (χ4n) is 1.08. The van der Waals surface area contributed by atoms with Crippen molar-refractivity contribution in [3.63, 3.8) is 0 Å². The van der Waals surface area contributed by atoms with E-state index >= 15 is 0 Å². The summed E-state index contributed by atoms with van der Waals surface area (Å²) in [4.78, 5) is 4.27. The molecule has 0 heterocycles. The number of aliphatic imine (C=N–C) groups is 1. The summed E-state index contributed by atoms with van der Waals surface area (Å²) in [6, 6.07) is 5.59. The second-order valence-electron chi connectivity index (χ2n) is 3.46. The summed E-state index contributed by atoms with van der Waals surface area (Å²) in [6.07, 6.45) is 0. The molecule has 0 aliphatic heterocycles. The number of guanidine groups is 1. The van der Waals surface area contributed by atoms with Gasteiger partial charge in [0.2, 0.25) is 5.96 Å². The average Bonchev–Trinajstić information content (AvgIpc) is 2.21. The fourth-order valence-corrected chi connectivity index (χ4v) is 1.60. The molecule has 4 N–H and O–H groups in total. The normalized spacial score (nSPS) is 11.8. The van der Waals surface area contributed by atoms with E-state index in [-0.39, 0.29) is 6.04 Å². The van der Waals surface area contributed by atoms with E-state index in [1.807, 2.05) is 19.9 Å². The molecule has 0 aliphatic carbocycles. The van der Waals surface area contributed by atoms with Gasteiger partial charge in [-0.1, -0.05) is 11.6 Å². The lowest BCUT2D eigenvalue weighted by atomic mass is 10.3. The van der Waals surface area contributed by atoms with Crippen molar-refractivity contribution in [2.45, 2.75) is 19.9 Å². The number of hydrogen-bond acceptors (Lipinski definition) is 2. The van der Waals surface area contributed by atoms with E-state index in [1.165, 1.54) is 0 Å². The zero-order valence-corrected chi connectivity index (χ0v) is 11.4. The van der Waals surface area contributed by atoms with Crippen LogP contribution < -0.4 is 16.6 Å². The van der Waals surface area contributed by atoms with Gasteiger partial charge in [-0.2, -0.15) is 0 Å². The highest BCUT2D eigenvalue weighted by molar-refractivity contribution is 9.10. The molecule has 0 unspecified atom stereocenters. The van der Waals surface area contributed by atoms with Crippen molar-refractivity contribution < 1.29 is 0 Å². The lowest BCUT2D eigenvalue weighted by molar-refractivity contribution is 0.819. The Balaban J connectivity index is 2.90. The quantitative estimate of drug-likeness (QED) is 0.341. The highest BCUT2D eigenvalue weighted by Crippen LogP contribution is 2.25. The number of hydrazine groups is 1. The molecule has 0 saturated carbocycles. The number of nitrogens with zero attached hydrogens (tertiary/aromatic N) is 1. The maximum atomic E-state index is 5.90. The molecule has 0 atom stereocenters. The van der Waals surface area contributed by atoms with Crippen molar-refractivity contribution in [3.05, 3.63) is 27.7 Å². The number of halogens is 2. The first-order chi connectivity index (χ1) is 7.52. The Morgan fingerprint density at radius 3 is 2.75 bits per heavy atom. The number of nitrogens with one attached hydrogen (secondary N) is 2. The van der Waals surface area contributed by atoms with Gasteiger partial charge in [0.1, 0.15) is 0 Å². The van der Waals surface area contributed by atoms with E-state index in [1.54, 1.807) is 12.1 Å². The van der Waals surface area contributed by atoms with Crippen LogP contribution in [-0.2, 0) is 0 Å². The van der Waals surface area contributed by atoms with Crippen molar-refractivity contribution in [1.82, 2.24) is 5.43 Å². The Kier molecular flexibility index (Phi) is 5.05. The third-order valence-corrected chi connectivity index (χ3v) is 2.63. The van der Waals surface area contributed by atoms with Gasteiger partial charge in [0.25, 0.3) is 0 Å². The van der Waals surface area contributed by atoms with Gasteiger partial charge >= 0.3 is 0 Å². The van der Waals surface area contributed by atoms with Crippen LogP contribution in [0.2, 0.25) is 5.02 Å². The Labute approximate surface area is 108 Å². The standard InChI is InChI=1S/C10H14BrClN4/c1-6(2)14-10(16-13)15-9-5-7(12)3-4-8(9)11/h3-6H,13H2,1-2H3,(H2,14,15,16). The molecular weight excluding hydrogens is 291 g/mol. The van der Waals surface area contributed by atoms with Crippen LogP contribution in [0.1, 0.15) is 13.8 Å². The molecule has 88 valence electrons. The summed E-state index contributed by atoms with van der Waals surface area (Å²) in [5.41, 5.74) is 3.31. The largest absolute Gasteiger partial charge is 0.324 e. The van der Waals surface area contributed by atoms with Crippen LogP contribution in [0, 0.1) is 0 Å². The van der Waals surface area contributed by atoms with Gasteiger partial charge in [-0.05, 0) is 48.0 Å². The van der Waals surface area contributed by atoms with E-state index in [4.69, 9.17) is 17.4 Å². The molecular formula is C10H14BrClN4. The monoisotopic (exact) mass is 304 g/mol. The first-order valence-corrected chi connectivity index (χ1v) is 5.96. The molecule has 0 saturated heterocycles. The van der Waals surface area contributed by atoms with Crippen LogP contribution in [0.3, 0.4) is 0 Å². The zero-order valence-electron chi connectivity index (χ0n) is 9.09. The summed E-state index contributed by atoms with van der Waals surface area (Å²) >= 11 is 9.31. The summed E-state index contributed by atoms with van der Waals surface area (Å²) < 4.78 is 0.892. The molecule has 0 aliphatic rings. The topological polar surface area (TPSA) is 62.4 Å². The van der Waals surface area contributed by atoms with E-state index < -0.39 is 0 Å². The van der Waals surface area contributed by atoms with Gasteiger partial charge in [0.05, 0.1) is 5.69 Å². The predicted molar refractivity (Wildman–Crippen MR) is 72.7 cm³/mol. The number of anilines is 1. The van der Waals surface area contributed by atoms with Crippen molar-refractivity contribution in [1.29, 1.82) is 0 Å². The van der Waals surface area contributed by atoms with Crippen molar-refractivity contribution >= 4 is 39.2 Å². The lowest BCUT2D eigenvalue weighted by Gasteiger charge is -2.12. The molecule has 6 heteroatoms. The third-order valence-electron chi connectivity index (χ3n) is 1.71. The smallest absolute Gasteiger partial charge is 0.210 e. The molecule has 0 fully saturated rings. The molecule has 0 aromatic heterocycles. The molecule has 0 amide bonds. The van der Waals surface area contributed by atoms with E-state index in [2.05, 4.69) is 31.7 Å². The van der Waals surface area contributed by atoms with Crippen molar-refractivity contribution in [2.24, 2.45) is 10.8 Å². The zero-order chi connectivity index (χ0) is 12.1. The highest BCUT2D eigenvalue weighted by Gasteiger charge is 2.04. The minimum absolute atomic E-state index is 0.150. The molecule has 0 bridgehead atoms. The number of benzene rings is 1. The van der Waals surface area contributed by atoms with Gasteiger partial charge < -0.3 is 5.32 Å². The third kappa shape index (κ3) is 4.00. The summed E-state index contributed by atoms with van der Waals surface area (Å²) in [5, 5.41) is 3.70. The Bertz CT molecular complexity index is 392. The molecule has 4 nitrogen and oxygen atoms in total. The second kappa shape index (κ2) is 6.08. The van der Waals surface area contributed by atoms with Gasteiger partial charge in [0, 0.05) is 15.5 Å². The number of nitrogens with two attached hydrogens (primary N) is 1. The average molecular weight is 306 g/mol. The minimum atomic E-state index is 0.150. The number of rotatable bonds is 2. The van der Waals surface area contributed by atoms with Crippen LogP contribution in [0.25, 0.3) is 0 Å². The van der Waals surface area contributed by atoms with Gasteiger partial charge in [0.15, 0.2) is 0 Å². The first-order valence-electron chi connectivity index (χ1n) is 4.79. The fraction of sp³-hybridized carbons (Fsp3) is 0.300. The van der Waals surface area contributed by atoms with E-state index in [9.17, 15) is 0 Å². The summed E-state index contributed by atoms with van der Waals surface area (Å²) in [6.45, 7) is 3.93. The molecule has 0 radical (unpaired) electrons. The van der Waals surface area contributed by atoms with Crippen LogP contribution >= 0.6 is 27.5 Å². The molecule has 1 aromatic carbocycles. The van der Waals surface area contributed by atoms with Gasteiger partial charge in [-0.25, -0.2) is 10.8 Å². The van der Waals surface area contributed by atoms with E-state index in [0.717, 1.165) is 10.2 Å². The van der Waals surface area contributed by atoms with Crippen LogP contribution in [-0.4, -0.2) is 12.0 Å². The van der Waals surface area contributed by atoms with Crippen LogP contribution in [0.5, 0.6) is 0 Å². The van der Waals surface area contributed by atoms with E-state index in [0.29, 0.717) is 11.0 Å². The Morgan fingerprint density at radius 1 is 1.50 bits per heavy atom. The first kappa shape index (κ1) is 13.3. The SMILES string of the molecule is CC(C)N=C(NN)Nc1cc(Cl)ccc1Br. The van der Waals surface area contributed by atoms with Crippen LogP contribution in [0.15, 0.2) is 27.7 Å². The molecule has 1 aromatic rings. The molecule has 16 heavy (non-hydrogen) atoms. The molecule has 0 spiro atoms. The Morgan fingerprint density at radius 2 is 2.19 bits per heavy atom. The minimum Gasteiger partial charge on any atom is -0.324 e. The Hall–Kier alpha value is -0.780. The van der Waals surface area contributed by atoms with Crippen molar-refractivity contribution in [3.8, 4) is 0 Å². The van der Waals surface area contributed by atoms with Crippen LogP contribution in [0.4, 0.5) is 5.69 Å². The predicted octanol–water partition coefficient (Wildman–Crippen LogP) is 2.74.